The van der Waals surface area contributed by atoms with Crippen molar-refractivity contribution >= 4 is 27.7 Å². The predicted molar refractivity (Wildman–Crippen MR) is 105 cm³/mol. The first kappa shape index (κ1) is 18.4. The van der Waals surface area contributed by atoms with Gasteiger partial charge in [-0.25, -0.2) is 14.3 Å². The van der Waals surface area contributed by atoms with Crippen LogP contribution in [0.3, 0.4) is 0 Å². The zero-order valence-corrected chi connectivity index (χ0v) is 15.4. The van der Waals surface area contributed by atoms with E-state index in [4.69, 9.17) is 9.15 Å². The number of hydrogen-bond donors (Lipinski definition) is 1. The van der Waals surface area contributed by atoms with Crippen molar-refractivity contribution in [2.45, 2.75) is 20.1 Å². The van der Waals surface area contributed by atoms with E-state index in [1.807, 2.05) is 0 Å². The van der Waals surface area contributed by atoms with Crippen molar-refractivity contribution in [3.05, 3.63) is 80.6 Å². The number of phenols is 1. The average Bonchev–Trinajstić information content (AvgIpc) is 2.71. The number of carbonyl (C=O) groups excluding carboxylic acids is 1. The van der Waals surface area contributed by atoms with Gasteiger partial charge in [0.15, 0.2) is 5.69 Å². The van der Waals surface area contributed by atoms with E-state index in [1.165, 1.54) is 22.9 Å². The van der Waals surface area contributed by atoms with Gasteiger partial charge < -0.3 is 14.3 Å². The number of rotatable bonds is 4. The van der Waals surface area contributed by atoms with Gasteiger partial charge in [0.25, 0.3) is 5.56 Å². The molecule has 2 aromatic heterocycles. The van der Waals surface area contributed by atoms with Crippen molar-refractivity contribution < 1.29 is 19.1 Å². The molecule has 2 aromatic carbocycles. The van der Waals surface area contributed by atoms with Crippen LogP contribution in [-0.4, -0.2) is 20.9 Å². The maximum Gasteiger partial charge on any atom is 0.359 e. The van der Waals surface area contributed by atoms with Crippen molar-refractivity contribution in [1.29, 1.82) is 0 Å². The molecule has 0 amide bonds. The van der Waals surface area contributed by atoms with E-state index in [0.717, 1.165) is 0 Å². The Labute approximate surface area is 163 Å². The lowest BCUT2D eigenvalue weighted by molar-refractivity contribution is 0.0466. The largest absolute Gasteiger partial charge is 0.508 e. The molecule has 8 heteroatoms. The predicted octanol–water partition coefficient (Wildman–Crippen LogP) is 2.59. The summed E-state index contributed by atoms with van der Waals surface area (Å²) in [5.74, 6) is -0.768. The summed E-state index contributed by atoms with van der Waals surface area (Å²) in [7, 11) is 0. The molecule has 8 nitrogen and oxygen atoms in total. The quantitative estimate of drug-likeness (QED) is 0.420. The number of aromatic hydroxyl groups is 1. The molecule has 0 atom stereocenters. The molecular formula is C21H16N2O6. The maximum absolute atomic E-state index is 12.7. The first-order valence-corrected chi connectivity index (χ1v) is 8.90. The molecule has 2 heterocycles. The molecule has 0 saturated carbocycles. The van der Waals surface area contributed by atoms with E-state index in [1.54, 1.807) is 37.3 Å². The van der Waals surface area contributed by atoms with Gasteiger partial charge in [-0.15, -0.1) is 0 Å². The van der Waals surface area contributed by atoms with Crippen LogP contribution in [0.2, 0.25) is 0 Å². The number of nitrogens with zero attached hydrogens (tertiary/aromatic N) is 2. The molecule has 0 radical (unpaired) electrons. The number of phenolic OH excluding ortho intramolecular Hbond substituents is 1. The molecule has 0 bridgehead atoms. The molecule has 4 rings (SSSR count). The second-order valence-corrected chi connectivity index (χ2v) is 6.36. The highest BCUT2D eigenvalue weighted by atomic mass is 16.5. The number of aromatic nitrogens is 2. The van der Waals surface area contributed by atoms with Crippen molar-refractivity contribution in [2.75, 3.05) is 0 Å². The fraction of sp³-hybridized carbons (Fsp3) is 0.143. The fourth-order valence-electron chi connectivity index (χ4n) is 3.15. The van der Waals surface area contributed by atoms with Gasteiger partial charge in [-0.1, -0.05) is 18.2 Å². The van der Waals surface area contributed by atoms with Gasteiger partial charge in [-0.3, -0.25) is 4.79 Å². The molecule has 0 aliphatic carbocycles. The van der Waals surface area contributed by atoms with Crippen LogP contribution in [0.15, 0.2) is 62.5 Å². The number of aryl methyl sites for hydroxylation is 1. The van der Waals surface area contributed by atoms with Gasteiger partial charge in [0.05, 0.1) is 5.39 Å². The smallest absolute Gasteiger partial charge is 0.359 e. The Balaban J connectivity index is 1.72. The Morgan fingerprint density at radius 2 is 1.86 bits per heavy atom. The van der Waals surface area contributed by atoms with Crippen molar-refractivity contribution in [2.24, 2.45) is 0 Å². The molecule has 0 aliphatic heterocycles. The Bertz CT molecular complexity index is 1370. The Morgan fingerprint density at radius 3 is 2.62 bits per heavy atom. The third-order valence-corrected chi connectivity index (χ3v) is 4.53. The normalized spacial score (nSPS) is 11.1. The van der Waals surface area contributed by atoms with E-state index in [9.17, 15) is 19.5 Å². The summed E-state index contributed by atoms with van der Waals surface area (Å²) < 4.78 is 11.7. The topological polar surface area (TPSA) is 112 Å². The van der Waals surface area contributed by atoms with E-state index in [0.29, 0.717) is 28.3 Å². The lowest BCUT2D eigenvalue weighted by Crippen LogP contribution is -2.25. The Kier molecular flexibility index (Phi) is 4.59. The van der Waals surface area contributed by atoms with E-state index >= 15 is 0 Å². The molecule has 4 aromatic rings. The van der Waals surface area contributed by atoms with Crippen molar-refractivity contribution in [1.82, 2.24) is 9.78 Å². The number of esters is 1. The third kappa shape index (κ3) is 3.36. The fourth-order valence-corrected chi connectivity index (χ4v) is 3.15. The summed E-state index contributed by atoms with van der Waals surface area (Å²) in [6.45, 7) is 1.86. The van der Waals surface area contributed by atoms with Crippen LogP contribution in [0.1, 0.15) is 23.0 Å². The summed E-state index contributed by atoms with van der Waals surface area (Å²) >= 11 is 0. The number of carbonyl (C=O) groups is 1. The maximum atomic E-state index is 12.7. The van der Waals surface area contributed by atoms with E-state index < -0.39 is 11.6 Å². The average molecular weight is 392 g/mol. The van der Waals surface area contributed by atoms with Crippen LogP contribution in [0.4, 0.5) is 0 Å². The highest BCUT2D eigenvalue weighted by Crippen LogP contribution is 2.23. The Morgan fingerprint density at radius 1 is 1.10 bits per heavy atom. The van der Waals surface area contributed by atoms with Gasteiger partial charge in [-0.2, -0.15) is 5.10 Å². The van der Waals surface area contributed by atoms with Crippen LogP contribution in [0, 0.1) is 0 Å². The van der Waals surface area contributed by atoms with Crippen LogP contribution < -0.4 is 11.2 Å². The standard InChI is InChI=1S/C21H16N2O6/c1-2-23-20(26)16-6-4-3-5-15(16)19(22-23)21(27)28-11-12-9-18(25)29-17-10-13(24)7-8-14(12)17/h3-10,24H,2,11H2,1H3. The highest BCUT2D eigenvalue weighted by Gasteiger charge is 2.18. The lowest BCUT2D eigenvalue weighted by Gasteiger charge is -2.10. The zero-order chi connectivity index (χ0) is 20.5. The molecule has 1 N–H and O–H groups in total. The van der Waals surface area contributed by atoms with Crippen molar-refractivity contribution in [3.63, 3.8) is 0 Å². The second kappa shape index (κ2) is 7.23. The number of hydrogen-bond acceptors (Lipinski definition) is 7. The lowest BCUT2D eigenvalue weighted by atomic mass is 10.1. The van der Waals surface area contributed by atoms with Gasteiger partial charge >= 0.3 is 11.6 Å². The summed E-state index contributed by atoms with van der Waals surface area (Å²) in [6, 6.07) is 12.2. The zero-order valence-electron chi connectivity index (χ0n) is 15.4. The minimum absolute atomic E-state index is 0.0203. The van der Waals surface area contributed by atoms with Gasteiger partial charge in [-0.05, 0) is 25.1 Å². The summed E-state index contributed by atoms with van der Waals surface area (Å²) in [4.78, 5) is 36.9. The summed E-state index contributed by atoms with van der Waals surface area (Å²) in [5, 5.41) is 15.0. The number of ether oxygens (including phenoxy) is 1. The van der Waals surface area contributed by atoms with Gasteiger partial charge in [0.1, 0.15) is 17.9 Å². The highest BCUT2D eigenvalue weighted by molar-refractivity contribution is 6.02. The first-order chi connectivity index (χ1) is 14.0. The molecule has 29 heavy (non-hydrogen) atoms. The van der Waals surface area contributed by atoms with E-state index in [2.05, 4.69) is 5.10 Å². The molecule has 0 spiro atoms. The second-order valence-electron chi connectivity index (χ2n) is 6.36. The van der Waals surface area contributed by atoms with Gasteiger partial charge in [0, 0.05) is 35.0 Å². The van der Waals surface area contributed by atoms with Crippen molar-refractivity contribution in [3.8, 4) is 5.75 Å². The molecule has 0 unspecified atom stereocenters. The number of fused-ring (bicyclic) bond motifs is 2. The first-order valence-electron chi connectivity index (χ1n) is 8.90. The minimum Gasteiger partial charge on any atom is -0.508 e. The van der Waals surface area contributed by atoms with Gasteiger partial charge in [0.2, 0.25) is 0 Å². The van der Waals surface area contributed by atoms with Crippen LogP contribution in [-0.2, 0) is 17.9 Å². The molecule has 0 aliphatic rings. The minimum atomic E-state index is -0.719. The van der Waals surface area contributed by atoms with Crippen LogP contribution in [0.25, 0.3) is 21.7 Å². The monoisotopic (exact) mass is 392 g/mol. The third-order valence-electron chi connectivity index (χ3n) is 4.53. The molecule has 146 valence electrons. The van der Waals surface area contributed by atoms with Crippen LogP contribution >= 0.6 is 0 Å². The number of benzene rings is 2. The molecule has 0 saturated heterocycles. The summed E-state index contributed by atoms with van der Waals surface area (Å²) in [5.41, 5.74) is -0.278. The molecule has 0 fully saturated rings. The Hall–Kier alpha value is -3.94. The molecular weight excluding hydrogens is 376 g/mol. The summed E-state index contributed by atoms with van der Waals surface area (Å²) in [6.07, 6.45) is 0. The van der Waals surface area contributed by atoms with E-state index in [-0.39, 0.29) is 29.2 Å². The SMILES string of the molecule is CCn1nc(C(=O)OCc2cc(=O)oc3cc(O)ccc23)c2ccccc2c1=O. The van der Waals surface area contributed by atoms with Crippen LogP contribution in [0.5, 0.6) is 5.75 Å².